The van der Waals surface area contributed by atoms with Gasteiger partial charge in [0.05, 0.1) is 22.5 Å². The molecule has 0 aliphatic heterocycles. The van der Waals surface area contributed by atoms with Crippen molar-refractivity contribution in [3.05, 3.63) is 99.7 Å². The van der Waals surface area contributed by atoms with Gasteiger partial charge in [-0.25, -0.2) is 9.78 Å². The van der Waals surface area contributed by atoms with Crippen LogP contribution in [0.5, 0.6) is 5.75 Å². The fourth-order valence-corrected chi connectivity index (χ4v) is 5.67. The van der Waals surface area contributed by atoms with Gasteiger partial charge in [0.2, 0.25) is 5.91 Å². The van der Waals surface area contributed by atoms with Crippen molar-refractivity contribution in [1.82, 2.24) is 4.98 Å². The normalized spacial score (nSPS) is 15.0. The third kappa shape index (κ3) is 5.72. The van der Waals surface area contributed by atoms with E-state index in [4.69, 9.17) is 0 Å². The minimum atomic E-state index is -1.19. The molecule has 1 unspecified atom stereocenters. The standard InChI is InChI=1S/C36H36N2O6/c1-35(2,3)24-16-19(17-25(33(24)42)36(4,5)6)10-15-28(39)37-27-9-7-8-20-12-14-26(38-30(20)27)29-31(40)22-13-11-21(34(43)44)18-23(22)32(29)41/h7-9,11-14,16-18,29,42H,10,15H2,1-6H3,(H,37,39)(H,43,44). The first-order chi connectivity index (χ1) is 20.6. The van der Waals surface area contributed by atoms with E-state index in [0.29, 0.717) is 23.4 Å². The number of nitrogens with zero attached hydrogens (tertiary/aromatic N) is 1. The summed E-state index contributed by atoms with van der Waals surface area (Å²) < 4.78 is 0. The molecule has 1 amide bonds. The summed E-state index contributed by atoms with van der Waals surface area (Å²) in [6.45, 7) is 12.3. The van der Waals surface area contributed by atoms with E-state index in [2.05, 4.69) is 10.3 Å². The molecule has 1 atom stereocenters. The summed E-state index contributed by atoms with van der Waals surface area (Å²) in [7, 11) is 0. The lowest BCUT2D eigenvalue weighted by Crippen LogP contribution is -2.18. The number of hydrogen-bond donors (Lipinski definition) is 3. The van der Waals surface area contributed by atoms with Crippen molar-refractivity contribution in [2.45, 2.75) is 71.1 Å². The van der Waals surface area contributed by atoms with Crippen LogP contribution < -0.4 is 5.32 Å². The molecule has 1 aliphatic carbocycles. The van der Waals surface area contributed by atoms with Gasteiger partial charge < -0.3 is 15.5 Å². The number of nitrogens with one attached hydrogen (secondary N) is 1. The molecule has 4 aromatic rings. The number of aromatic hydroxyl groups is 1. The maximum Gasteiger partial charge on any atom is 0.335 e. The molecule has 8 heteroatoms. The van der Waals surface area contributed by atoms with Gasteiger partial charge in [-0.1, -0.05) is 71.9 Å². The van der Waals surface area contributed by atoms with Gasteiger partial charge in [-0.05, 0) is 64.3 Å². The molecule has 5 rings (SSSR count). The Balaban J connectivity index is 1.40. The lowest BCUT2D eigenvalue weighted by molar-refractivity contribution is -0.116. The van der Waals surface area contributed by atoms with Gasteiger partial charge in [0.25, 0.3) is 0 Å². The molecule has 0 saturated carbocycles. The van der Waals surface area contributed by atoms with Gasteiger partial charge in [0.15, 0.2) is 11.6 Å². The number of fused-ring (bicyclic) bond motifs is 2. The molecule has 0 fully saturated rings. The predicted octanol–water partition coefficient (Wildman–Crippen LogP) is 6.97. The van der Waals surface area contributed by atoms with E-state index in [9.17, 15) is 29.4 Å². The highest BCUT2D eigenvalue weighted by molar-refractivity contribution is 6.30. The molecule has 3 N–H and O–H groups in total. The van der Waals surface area contributed by atoms with Crippen LogP contribution in [0.4, 0.5) is 5.69 Å². The number of aryl methyl sites for hydroxylation is 1. The number of anilines is 1. The first kappa shape index (κ1) is 30.6. The van der Waals surface area contributed by atoms with Crippen LogP contribution in [0.25, 0.3) is 10.9 Å². The molecule has 0 saturated heterocycles. The SMILES string of the molecule is CC(C)(C)c1cc(CCC(=O)Nc2cccc3ccc(C4C(=O)c5ccc(C(=O)O)cc5C4=O)nc23)cc(C(C)(C)C)c1O. The maximum atomic E-state index is 13.3. The summed E-state index contributed by atoms with van der Waals surface area (Å²) in [5, 5.41) is 24.0. The fourth-order valence-electron chi connectivity index (χ4n) is 5.67. The smallest absolute Gasteiger partial charge is 0.335 e. The average Bonchev–Trinajstić information content (AvgIpc) is 3.20. The Bertz CT molecular complexity index is 1820. The number of Topliss-reactive ketones (excluding diaryl/α,β-unsaturated/α-hetero) is 2. The van der Waals surface area contributed by atoms with Crippen molar-refractivity contribution < 1.29 is 29.4 Å². The summed E-state index contributed by atoms with van der Waals surface area (Å²) in [5.74, 6) is -3.25. The number of ketones is 2. The van der Waals surface area contributed by atoms with E-state index in [1.807, 2.05) is 59.7 Å². The quantitative estimate of drug-likeness (QED) is 0.206. The maximum absolute atomic E-state index is 13.3. The second kappa shape index (κ2) is 11.0. The topological polar surface area (TPSA) is 134 Å². The van der Waals surface area contributed by atoms with Gasteiger partial charge >= 0.3 is 5.97 Å². The largest absolute Gasteiger partial charge is 0.507 e. The zero-order valence-electron chi connectivity index (χ0n) is 25.7. The van der Waals surface area contributed by atoms with Crippen molar-refractivity contribution >= 4 is 40.0 Å². The van der Waals surface area contributed by atoms with Crippen molar-refractivity contribution in [2.24, 2.45) is 0 Å². The van der Waals surface area contributed by atoms with Crippen LogP contribution in [0.1, 0.15) is 107 Å². The van der Waals surface area contributed by atoms with Crippen LogP contribution in [0.3, 0.4) is 0 Å². The number of rotatable bonds is 6. The molecule has 1 aromatic heterocycles. The number of phenols is 1. The second-order valence-electron chi connectivity index (χ2n) is 13.4. The van der Waals surface area contributed by atoms with Crippen LogP contribution in [0.2, 0.25) is 0 Å². The Labute approximate surface area is 256 Å². The van der Waals surface area contributed by atoms with Crippen LogP contribution in [0.15, 0.2) is 60.7 Å². The van der Waals surface area contributed by atoms with Crippen molar-refractivity contribution in [2.75, 3.05) is 5.32 Å². The number of benzene rings is 3. The number of amides is 1. The first-order valence-electron chi connectivity index (χ1n) is 14.6. The Hall–Kier alpha value is -4.85. The summed E-state index contributed by atoms with van der Waals surface area (Å²) in [6.07, 6.45) is 0.651. The summed E-state index contributed by atoms with van der Waals surface area (Å²) in [5.41, 5.74) is 3.36. The van der Waals surface area contributed by atoms with E-state index < -0.39 is 23.5 Å². The molecule has 3 aromatic carbocycles. The number of carbonyl (C=O) groups excluding carboxylic acids is 3. The average molecular weight is 593 g/mol. The molecule has 0 spiro atoms. The minimum Gasteiger partial charge on any atom is -0.507 e. The Morgan fingerprint density at radius 2 is 1.48 bits per heavy atom. The second-order valence-corrected chi connectivity index (χ2v) is 13.4. The molecule has 1 aliphatic rings. The summed E-state index contributed by atoms with van der Waals surface area (Å²) >= 11 is 0. The minimum absolute atomic E-state index is 0.0708. The van der Waals surface area contributed by atoms with E-state index in [1.165, 1.54) is 18.2 Å². The first-order valence-corrected chi connectivity index (χ1v) is 14.6. The zero-order valence-corrected chi connectivity index (χ0v) is 25.7. The van der Waals surface area contributed by atoms with E-state index >= 15 is 0 Å². The molecular weight excluding hydrogens is 556 g/mol. The van der Waals surface area contributed by atoms with Crippen LogP contribution >= 0.6 is 0 Å². The van der Waals surface area contributed by atoms with Gasteiger partial charge in [-0.2, -0.15) is 0 Å². The number of carboxylic acid groups (broad SMARTS) is 1. The lowest BCUT2D eigenvalue weighted by Gasteiger charge is -2.28. The highest BCUT2D eigenvalue weighted by atomic mass is 16.4. The summed E-state index contributed by atoms with van der Waals surface area (Å²) in [4.78, 5) is 55.7. The molecule has 0 bridgehead atoms. The number of carbonyl (C=O) groups is 4. The molecule has 8 nitrogen and oxygen atoms in total. The number of pyridine rings is 1. The molecule has 1 heterocycles. The van der Waals surface area contributed by atoms with Crippen molar-refractivity contribution in [1.29, 1.82) is 0 Å². The summed E-state index contributed by atoms with van der Waals surface area (Å²) in [6, 6.07) is 16.5. The fraction of sp³-hybridized carbons (Fsp3) is 0.306. The lowest BCUT2D eigenvalue weighted by atomic mass is 9.78. The van der Waals surface area contributed by atoms with Crippen molar-refractivity contribution in [3.63, 3.8) is 0 Å². The Morgan fingerprint density at radius 1 is 0.841 bits per heavy atom. The monoisotopic (exact) mass is 592 g/mol. The van der Waals surface area contributed by atoms with Gasteiger partial charge in [0, 0.05) is 22.9 Å². The highest BCUT2D eigenvalue weighted by Gasteiger charge is 2.41. The van der Waals surface area contributed by atoms with Gasteiger partial charge in [-0.15, -0.1) is 0 Å². The van der Waals surface area contributed by atoms with Gasteiger partial charge in [-0.3, -0.25) is 14.4 Å². The van der Waals surface area contributed by atoms with Crippen LogP contribution in [-0.4, -0.2) is 38.6 Å². The molecule has 44 heavy (non-hydrogen) atoms. The number of phenolic OH excluding ortho intramolecular Hbond substituents is 1. The van der Waals surface area contributed by atoms with Crippen LogP contribution in [0, 0.1) is 0 Å². The van der Waals surface area contributed by atoms with Gasteiger partial charge in [0.1, 0.15) is 11.7 Å². The third-order valence-electron chi connectivity index (χ3n) is 8.06. The number of aromatic carboxylic acids is 1. The molecule has 0 radical (unpaired) electrons. The van der Waals surface area contributed by atoms with Crippen LogP contribution in [-0.2, 0) is 22.0 Å². The van der Waals surface area contributed by atoms with E-state index in [-0.39, 0.29) is 45.5 Å². The third-order valence-corrected chi connectivity index (χ3v) is 8.06. The zero-order chi connectivity index (χ0) is 32.1. The molecular formula is C36H36N2O6. The predicted molar refractivity (Wildman–Crippen MR) is 169 cm³/mol. The van der Waals surface area contributed by atoms with Crippen molar-refractivity contribution in [3.8, 4) is 5.75 Å². The highest BCUT2D eigenvalue weighted by Crippen LogP contribution is 2.40. The number of para-hydroxylation sites is 1. The number of carboxylic acids is 1. The number of hydrogen-bond acceptors (Lipinski definition) is 6. The number of aromatic nitrogens is 1. The van der Waals surface area contributed by atoms with E-state index in [1.54, 1.807) is 24.3 Å². The van der Waals surface area contributed by atoms with E-state index in [0.717, 1.165) is 22.1 Å². The Morgan fingerprint density at radius 3 is 2.09 bits per heavy atom. The molecule has 226 valence electrons. The Kier molecular flexibility index (Phi) is 7.66.